The van der Waals surface area contributed by atoms with Crippen molar-refractivity contribution < 1.29 is 0 Å². The summed E-state index contributed by atoms with van der Waals surface area (Å²) < 4.78 is 0. The van der Waals surface area contributed by atoms with E-state index in [1.54, 1.807) is 0 Å². The minimum absolute atomic E-state index is 0.755. The zero-order valence-corrected chi connectivity index (χ0v) is 11.4. The lowest BCUT2D eigenvalue weighted by molar-refractivity contribution is 0.248. The molecule has 1 N–H and O–H groups in total. The van der Waals surface area contributed by atoms with Crippen LogP contribution in [0.4, 0.5) is 5.69 Å². The maximum atomic E-state index is 3.65. The molecule has 1 aromatic rings. The Labute approximate surface area is 108 Å². The highest BCUT2D eigenvalue weighted by Crippen LogP contribution is 2.38. The number of rotatable bonds is 3. The van der Waals surface area contributed by atoms with Crippen LogP contribution >= 0.6 is 11.3 Å². The summed E-state index contributed by atoms with van der Waals surface area (Å²) in [4.78, 5) is 2.72. The summed E-state index contributed by atoms with van der Waals surface area (Å²) in [5.74, 6) is 0. The molecule has 2 saturated heterocycles. The topological polar surface area (TPSA) is 15.3 Å². The molecule has 3 heterocycles. The van der Waals surface area contributed by atoms with E-state index in [9.17, 15) is 0 Å². The van der Waals surface area contributed by atoms with Crippen molar-refractivity contribution >= 4 is 17.0 Å². The third-order valence-electron chi connectivity index (χ3n) is 4.27. The van der Waals surface area contributed by atoms with Gasteiger partial charge in [-0.15, -0.1) is 0 Å². The van der Waals surface area contributed by atoms with Crippen molar-refractivity contribution in [2.24, 2.45) is 0 Å². The molecule has 2 atom stereocenters. The summed E-state index contributed by atoms with van der Waals surface area (Å²) in [6, 6.07) is 4.61. The van der Waals surface area contributed by atoms with E-state index in [1.165, 1.54) is 37.8 Å². The number of hydrogen-bond acceptors (Lipinski definition) is 3. The first-order valence-electron chi connectivity index (χ1n) is 6.92. The number of anilines is 1. The fourth-order valence-electron chi connectivity index (χ4n) is 3.66. The fourth-order valence-corrected chi connectivity index (χ4v) is 4.30. The van der Waals surface area contributed by atoms with Gasteiger partial charge in [-0.1, -0.05) is 6.92 Å². The molecule has 0 amide bonds. The molecule has 0 saturated carbocycles. The average Bonchev–Trinajstić information content (AvgIpc) is 2.81. The molecule has 2 bridgehead atoms. The van der Waals surface area contributed by atoms with E-state index in [4.69, 9.17) is 0 Å². The van der Waals surface area contributed by atoms with Gasteiger partial charge in [-0.3, -0.25) is 0 Å². The van der Waals surface area contributed by atoms with Gasteiger partial charge in [0, 0.05) is 29.2 Å². The average molecular weight is 250 g/mol. The largest absolute Gasteiger partial charge is 0.365 e. The monoisotopic (exact) mass is 250 g/mol. The second-order valence-corrected chi connectivity index (χ2v) is 6.13. The molecule has 2 nitrogen and oxygen atoms in total. The van der Waals surface area contributed by atoms with Crippen molar-refractivity contribution in [2.75, 3.05) is 11.4 Å². The summed E-state index contributed by atoms with van der Waals surface area (Å²) in [7, 11) is 0. The van der Waals surface area contributed by atoms with Crippen molar-refractivity contribution in [2.45, 2.75) is 57.2 Å². The molecule has 0 radical (unpaired) electrons. The van der Waals surface area contributed by atoms with E-state index < -0.39 is 0 Å². The fraction of sp³-hybridized carbons (Fsp3) is 0.714. The number of nitrogens with zero attached hydrogens (tertiary/aromatic N) is 1. The highest BCUT2D eigenvalue weighted by Gasteiger charge is 2.37. The van der Waals surface area contributed by atoms with E-state index in [-0.39, 0.29) is 0 Å². The normalized spacial score (nSPS) is 32.8. The van der Waals surface area contributed by atoms with Crippen molar-refractivity contribution in [3.05, 3.63) is 16.8 Å². The zero-order chi connectivity index (χ0) is 11.7. The first kappa shape index (κ1) is 11.5. The van der Waals surface area contributed by atoms with Crippen LogP contribution in [0, 0.1) is 0 Å². The van der Waals surface area contributed by atoms with E-state index in [2.05, 4.69) is 34.0 Å². The molecule has 0 aliphatic carbocycles. The quantitative estimate of drug-likeness (QED) is 0.886. The van der Waals surface area contributed by atoms with Crippen LogP contribution in [0.2, 0.25) is 0 Å². The summed E-state index contributed by atoms with van der Waals surface area (Å²) in [5.41, 5.74) is 1.47. The van der Waals surface area contributed by atoms with Crippen LogP contribution in [-0.2, 0) is 0 Å². The van der Waals surface area contributed by atoms with Crippen LogP contribution in [0.5, 0.6) is 0 Å². The molecule has 3 heteroatoms. The van der Waals surface area contributed by atoms with Gasteiger partial charge in [0.05, 0.1) is 0 Å². The Hall–Kier alpha value is -0.540. The van der Waals surface area contributed by atoms with Gasteiger partial charge in [0.25, 0.3) is 0 Å². The van der Waals surface area contributed by atoms with Crippen molar-refractivity contribution in [1.82, 2.24) is 5.32 Å². The molecule has 2 fully saturated rings. The highest BCUT2D eigenvalue weighted by atomic mass is 32.1. The Morgan fingerprint density at radius 1 is 1.35 bits per heavy atom. The number of nitrogens with one attached hydrogen (secondary N) is 1. The minimum atomic E-state index is 0.755. The van der Waals surface area contributed by atoms with Gasteiger partial charge in [0.2, 0.25) is 0 Å². The summed E-state index contributed by atoms with van der Waals surface area (Å²) in [6.07, 6.45) is 6.86. The van der Waals surface area contributed by atoms with Crippen LogP contribution in [-0.4, -0.2) is 24.7 Å². The molecular formula is C14H22N2S. The molecule has 2 aliphatic rings. The second kappa shape index (κ2) is 4.99. The maximum Gasteiger partial charge on any atom is 0.0479 e. The minimum Gasteiger partial charge on any atom is -0.365 e. The SMILES string of the molecule is CCNC1CC2CCCC(C1)N2c1ccsc1. The van der Waals surface area contributed by atoms with Gasteiger partial charge in [-0.05, 0) is 50.1 Å². The number of hydrogen-bond donors (Lipinski definition) is 1. The third kappa shape index (κ3) is 2.23. The van der Waals surface area contributed by atoms with Gasteiger partial charge in [0.15, 0.2) is 0 Å². The molecule has 94 valence electrons. The van der Waals surface area contributed by atoms with E-state index in [1.807, 2.05) is 11.3 Å². The van der Waals surface area contributed by atoms with E-state index in [0.29, 0.717) is 0 Å². The molecule has 0 aromatic carbocycles. The molecule has 3 rings (SSSR count). The first-order valence-corrected chi connectivity index (χ1v) is 7.86. The summed E-state index contributed by atoms with van der Waals surface area (Å²) >= 11 is 1.83. The zero-order valence-electron chi connectivity index (χ0n) is 10.6. The Bertz CT molecular complexity index is 335. The summed E-state index contributed by atoms with van der Waals surface area (Å²) in [6.45, 7) is 3.34. The van der Waals surface area contributed by atoms with E-state index in [0.717, 1.165) is 24.7 Å². The Morgan fingerprint density at radius 3 is 2.71 bits per heavy atom. The lowest BCUT2D eigenvalue weighted by Crippen LogP contribution is -2.56. The predicted molar refractivity (Wildman–Crippen MR) is 74.9 cm³/mol. The predicted octanol–water partition coefficient (Wildman–Crippen LogP) is 3.25. The van der Waals surface area contributed by atoms with Crippen molar-refractivity contribution in [3.8, 4) is 0 Å². The van der Waals surface area contributed by atoms with Crippen LogP contribution < -0.4 is 10.2 Å². The molecular weight excluding hydrogens is 228 g/mol. The summed E-state index contributed by atoms with van der Waals surface area (Å²) in [5, 5.41) is 8.18. The number of piperidine rings is 2. The molecule has 2 unspecified atom stereocenters. The van der Waals surface area contributed by atoms with Gasteiger partial charge >= 0.3 is 0 Å². The van der Waals surface area contributed by atoms with Crippen LogP contribution in [0.25, 0.3) is 0 Å². The molecule has 2 aliphatic heterocycles. The number of fused-ring (bicyclic) bond motifs is 2. The third-order valence-corrected chi connectivity index (χ3v) is 4.94. The first-order chi connectivity index (χ1) is 8.38. The van der Waals surface area contributed by atoms with Gasteiger partial charge < -0.3 is 10.2 Å². The van der Waals surface area contributed by atoms with E-state index >= 15 is 0 Å². The van der Waals surface area contributed by atoms with Crippen molar-refractivity contribution in [1.29, 1.82) is 0 Å². The molecule has 0 spiro atoms. The lowest BCUT2D eigenvalue weighted by Gasteiger charge is -2.50. The van der Waals surface area contributed by atoms with Gasteiger partial charge in [-0.25, -0.2) is 0 Å². The smallest absolute Gasteiger partial charge is 0.0479 e. The lowest BCUT2D eigenvalue weighted by atomic mass is 9.81. The van der Waals surface area contributed by atoms with Crippen LogP contribution in [0.15, 0.2) is 16.8 Å². The van der Waals surface area contributed by atoms with Crippen LogP contribution in [0.1, 0.15) is 39.0 Å². The molecule has 1 aromatic heterocycles. The number of thiophene rings is 1. The second-order valence-electron chi connectivity index (χ2n) is 5.35. The maximum absolute atomic E-state index is 3.65. The van der Waals surface area contributed by atoms with Gasteiger partial charge in [-0.2, -0.15) is 11.3 Å². The Kier molecular flexibility index (Phi) is 3.39. The highest BCUT2D eigenvalue weighted by molar-refractivity contribution is 7.08. The Balaban J connectivity index is 1.78. The molecule has 17 heavy (non-hydrogen) atoms. The van der Waals surface area contributed by atoms with Gasteiger partial charge in [0.1, 0.15) is 0 Å². The standard InChI is InChI=1S/C14H22N2S/c1-2-15-11-8-12-4-3-5-13(9-11)16(12)14-6-7-17-10-14/h6-7,10-13,15H,2-5,8-9H2,1H3. The van der Waals surface area contributed by atoms with Crippen molar-refractivity contribution in [3.63, 3.8) is 0 Å². The van der Waals surface area contributed by atoms with Crippen LogP contribution in [0.3, 0.4) is 0 Å². The Morgan fingerprint density at radius 2 is 2.12 bits per heavy atom.